The van der Waals surface area contributed by atoms with Crippen molar-refractivity contribution in [1.29, 1.82) is 0 Å². The van der Waals surface area contributed by atoms with E-state index in [9.17, 15) is 17.9 Å². The molecule has 2 aliphatic rings. The SMILES string of the molecule is Cc1cccc(CC2(O)CC3CCCC(C2)S3(=O)=O)c1F. The lowest BCUT2D eigenvalue weighted by atomic mass is 9.81. The molecular weight excluding hydrogens is 291 g/mol. The van der Waals surface area contributed by atoms with Crippen molar-refractivity contribution in [3.05, 3.63) is 35.1 Å². The number of fused-ring (bicyclic) bond motifs is 2. The molecule has 0 radical (unpaired) electrons. The van der Waals surface area contributed by atoms with Crippen LogP contribution in [0.5, 0.6) is 0 Å². The van der Waals surface area contributed by atoms with E-state index >= 15 is 0 Å². The number of rotatable bonds is 2. The number of benzene rings is 1. The Bertz CT molecular complexity index is 633. The Morgan fingerprint density at radius 1 is 1.29 bits per heavy atom. The van der Waals surface area contributed by atoms with E-state index in [4.69, 9.17) is 0 Å². The van der Waals surface area contributed by atoms with Gasteiger partial charge in [0, 0.05) is 6.42 Å². The van der Waals surface area contributed by atoms with Gasteiger partial charge < -0.3 is 5.11 Å². The molecule has 5 heteroatoms. The minimum atomic E-state index is -3.10. The van der Waals surface area contributed by atoms with Gasteiger partial charge in [-0.2, -0.15) is 0 Å². The monoisotopic (exact) mass is 312 g/mol. The van der Waals surface area contributed by atoms with Crippen LogP contribution in [0.15, 0.2) is 18.2 Å². The summed E-state index contributed by atoms with van der Waals surface area (Å²) in [5.74, 6) is -0.287. The first kappa shape index (κ1) is 15.0. The van der Waals surface area contributed by atoms with Gasteiger partial charge in [-0.25, -0.2) is 12.8 Å². The van der Waals surface area contributed by atoms with Gasteiger partial charge in [-0.1, -0.05) is 24.6 Å². The molecule has 1 aromatic carbocycles. The second-order valence-electron chi connectivity index (χ2n) is 6.62. The fraction of sp³-hybridized carbons (Fsp3) is 0.625. The van der Waals surface area contributed by atoms with Crippen LogP contribution < -0.4 is 0 Å². The van der Waals surface area contributed by atoms with Crippen LogP contribution in [0.3, 0.4) is 0 Å². The molecule has 1 N–H and O–H groups in total. The molecule has 21 heavy (non-hydrogen) atoms. The summed E-state index contributed by atoms with van der Waals surface area (Å²) >= 11 is 0. The van der Waals surface area contributed by atoms with Crippen molar-refractivity contribution in [3.8, 4) is 0 Å². The Labute approximate surface area is 125 Å². The van der Waals surface area contributed by atoms with Crippen molar-refractivity contribution in [2.75, 3.05) is 0 Å². The molecule has 0 aromatic heterocycles. The van der Waals surface area contributed by atoms with Crippen LogP contribution in [-0.4, -0.2) is 29.6 Å². The van der Waals surface area contributed by atoms with Crippen molar-refractivity contribution < 1.29 is 17.9 Å². The molecule has 2 aliphatic heterocycles. The van der Waals surface area contributed by atoms with Gasteiger partial charge in [-0.15, -0.1) is 0 Å². The third-order valence-corrected chi connectivity index (χ3v) is 7.65. The minimum absolute atomic E-state index is 0.197. The maximum absolute atomic E-state index is 14.1. The average Bonchev–Trinajstić information content (AvgIpc) is 2.37. The molecule has 3 nitrogen and oxygen atoms in total. The van der Waals surface area contributed by atoms with Gasteiger partial charge in [0.25, 0.3) is 0 Å². The van der Waals surface area contributed by atoms with Crippen LogP contribution in [0.2, 0.25) is 0 Å². The number of hydrogen-bond acceptors (Lipinski definition) is 3. The van der Waals surface area contributed by atoms with E-state index in [1.807, 2.05) is 0 Å². The minimum Gasteiger partial charge on any atom is -0.389 e. The van der Waals surface area contributed by atoms with E-state index in [0.29, 0.717) is 24.0 Å². The van der Waals surface area contributed by atoms with Crippen LogP contribution in [0.4, 0.5) is 4.39 Å². The molecular formula is C16H21FO3S. The van der Waals surface area contributed by atoms with Crippen LogP contribution in [0.25, 0.3) is 0 Å². The van der Waals surface area contributed by atoms with Crippen LogP contribution in [-0.2, 0) is 16.3 Å². The van der Waals surface area contributed by atoms with Crippen LogP contribution in [0, 0.1) is 12.7 Å². The van der Waals surface area contributed by atoms with E-state index in [0.717, 1.165) is 6.42 Å². The van der Waals surface area contributed by atoms with Gasteiger partial charge in [-0.3, -0.25) is 0 Å². The molecule has 116 valence electrons. The first-order valence-corrected chi connectivity index (χ1v) is 9.12. The molecule has 2 heterocycles. The van der Waals surface area contributed by atoms with Crippen molar-refractivity contribution in [3.63, 3.8) is 0 Å². The maximum atomic E-state index is 14.1. The van der Waals surface area contributed by atoms with Gasteiger partial charge in [0.2, 0.25) is 0 Å². The zero-order chi connectivity index (χ0) is 15.3. The van der Waals surface area contributed by atoms with E-state index in [1.165, 1.54) is 0 Å². The van der Waals surface area contributed by atoms with Gasteiger partial charge in [0.05, 0.1) is 16.1 Å². The number of aryl methyl sites for hydroxylation is 1. The average molecular weight is 312 g/mol. The fourth-order valence-corrected chi connectivity index (χ4v) is 6.50. The van der Waals surface area contributed by atoms with Gasteiger partial charge in [-0.05, 0) is 43.7 Å². The summed E-state index contributed by atoms with van der Waals surface area (Å²) in [6.45, 7) is 1.70. The Balaban J connectivity index is 1.88. The van der Waals surface area contributed by atoms with Crippen LogP contribution in [0.1, 0.15) is 43.2 Å². The van der Waals surface area contributed by atoms with Crippen LogP contribution >= 0.6 is 0 Å². The van der Waals surface area contributed by atoms with Gasteiger partial charge in [0.15, 0.2) is 9.84 Å². The van der Waals surface area contributed by atoms with Crippen molar-refractivity contribution in [2.24, 2.45) is 0 Å². The summed E-state index contributed by atoms with van der Waals surface area (Å²) in [7, 11) is -3.10. The van der Waals surface area contributed by atoms with E-state index in [1.54, 1.807) is 25.1 Å². The predicted molar refractivity (Wildman–Crippen MR) is 79.4 cm³/mol. The van der Waals surface area contributed by atoms with Crippen molar-refractivity contribution in [2.45, 2.75) is 61.5 Å². The summed E-state index contributed by atoms with van der Waals surface area (Å²) in [4.78, 5) is 0. The number of aliphatic hydroxyl groups is 1. The molecule has 2 bridgehead atoms. The zero-order valence-corrected chi connectivity index (χ0v) is 13.0. The van der Waals surface area contributed by atoms with Gasteiger partial charge >= 0.3 is 0 Å². The predicted octanol–water partition coefficient (Wildman–Crippen LogP) is 2.54. The highest BCUT2D eigenvalue weighted by Crippen LogP contribution is 2.42. The molecule has 0 aliphatic carbocycles. The van der Waals surface area contributed by atoms with E-state index in [-0.39, 0.29) is 25.1 Å². The molecule has 0 saturated carbocycles. The molecule has 0 amide bonds. The fourth-order valence-electron chi connectivity index (χ4n) is 3.88. The third kappa shape index (κ3) is 2.61. The second kappa shape index (κ2) is 5.06. The lowest BCUT2D eigenvalue weighted by molar-refractivity contribution is 0.00918. The smallest absolute Gasteiger partial charge is 0.156 e. The largest absolute Gasteiger partial charge is 0.389 e. The van der Waals surface area contributed by atoms with Crippen molar-refractivity contribution >= 4 is 9.84 Å². The third-order valence-electron chi connectivity index (χ3n) is 4.99. The summed E-state index contributed by atoms with van der Waals surface area (Å²) in [5, 5.41) is 9.94. The van der Waals surface area contributed by atoms with Gasteiger partial charge in [0.1, 0.15) is 5.82 Å². The number of halogens is 1. The first-order chi connectivity index (χ1) is 9.82. The maximum Gasteiger partial charge on any atom is 0.156 e. The standard InChI is InChI=1S/C16H21FO3S/c1-11-4-2-5-12(15(11)17)8-16(18)9-13-6-3-7-14(10-16)21(13,19)20/h2,4-5,13-14,18H,3,6-10H2,1H3. The molecule has 2 atom stereocenters. The summed E-state index contributed by atoms with van der Waals surface area (Å²) in [5.41, 5.74) is -0.0648. The summed E-state index contributed by atoms with van der Waals surface area (Å²) in [6, 6.07) is 5.15. The summed E-state index contributed by atoms with van der Waals surface area (Å²) in [6.07, 6.45) is 2.82. The van der Waals surface area contributed by atoms with Crippen molar-refractivity contribution in [1.82, 2.24) is 0 Å². The Morgan fingerprint density at radius 2 is 1.90 bits per heavy atom. The van der Waals surface area contributed by atoms with E-state index in [2.05, 4.69) is 0 Å². The Morgan fingerprint density at radius 3 is 2.52 bits per heavy atom. The Hall–Kier alpha value is -0.940. The Kier molecular flexibility index (Phi) is 3.61. The molecule has 2 saturated heterocycles. The lowest BCUT2D eigenvalue weighted by Gasteiger charge is -2.44. The lowest BCUT2D eigenvalue weighted by Crippen LogP contribution is -2.52. The highest BCUT2D eigenvalue weighted by atomic mass is 32.2. The summed E-state index contributed by atoms with van der Waals surface area (Å²) < 4.78 is 38.7. The zero-order valence-electron chi connectivity index (χ0n) is 12.2. The normalized spacial score (nSPS) is 34.6. The highest BCUT2D eigenvalue weighted by molar-refractivity contribution is 7.92. The molecule has 2 unspecified atom stereocenters. The first-order valence-electron chi connectivity index (χ1n) is 7.51. The molecule has 1 aromatic rings. The quantitative estimate of drug-likeness (QED) is 0.913. The number of hydrogen-bond donors (Lipinski definition) is 1. The second-order valence-corrected chi connectivity index (χ2v) is 9.13. The highest BCUT2D eigenvalue weighted by Gasteiger charge is 2.50. The van der Waals surface area contributed by atoms with E-state index < -0.39 is 25.9 Å². The molecule has 2 fully saturated rings. The molecule has 0 spiro atoms. The topological polar surface area (TPSA) is 54.4 Å². The number of sulfone groups is 1. The molecule has 3 rings (SSSR count).